The van der Waals surface area contributed by atoms with Crippen molar-refractivity contribution in [2.24, 2.45) is 0 Å². The van der Waals surface area contributed by atoms with Crippen LogP contribution in [0.3, 0.4) is 0 Å². The van der Waals surface area contributed by atoms with Crippen LogP contribution in [0, 0.1) is 11.3 Å². The van der Waals surface area contributed by atoms with Crippen LogP contribution in [-0.2, 0) is 10.0 Å². The maximum atomic E-state index is 12.0. The van der Waals surface area contributed by atoms with Crippen LogP contribution in [0.15, 0.2) is 23.1 Å². The van der Waals surface area contributed by atoms with E-state index in [1.807, 2.05) is 19.2 Å². The normalized spacial score (nSPS) is 12.9. The van der Waals surface area contributed by atoms with E-state index < -0.39 is 10.0 Å². The van der Waals surface area contributed by atoms with E-state index in [9.17, 15) is 8.42 Å². The Labute approximate surface area is 123 Å². The molecular weight excluding hydrogens is 304 g/mol. The van der Waals surface area contributed by atoms with Crippen molar-refractivity contribution in [1.29, 1.82) is 5.26 Å². The second-order valence-electron chi connectivity index (χ2n) is 3.99. The van der Waals surface area contributed by atoms with Gasteiger partial charge in [0.2, 0.25) is 10.0 Å². The fourth-order valence-electron chi connectivity index (χ4n) is 1.38. The number of halogens is 1. The Hall–Kier alpha value is -0.740. The molecule has 0 aliphatic carbocycles. The predicted molar refractivity (Wildman–Crippen MR) is 78.9 cm³/mol. The van der Waals surface area contributed by atoms with Gasteiger partial charge in [0.1, 0.15) is 4.90 Å². The van der Waals surface area contributed by atoms with Gasteiger partial charge in [0.15, 0.2) is 0 Å². The third kappa shape index (κ3) is 4.69. The summed E-state index contributed by atoms with van der Waals surface area (Å²) in [5.41, 5.74) is 0.333. The molecule has 0 aliphatic heterocycles. The molecule has 1 aromatic carbocycles. The zero-order valence-corrected chi connectivity index (χ0v) is 13.1. The van der Waals surface area contributed by atoms with Gasteiger partial charge in [-0.3, -0.25) is 0 Å². The first-order valence-corrected chi connectivity index (χ1v) is 8.77. The third-order valence-corrected chi connectivity index (χ3v) is 5.58. The minimum atomic E-state index is -3.62. The van der Waals surface area contributed by atoms with Gasteiger partial charge in [-0.15, -0.1) is 0 Å². The van der Waals surface area contributed by atoms with Gasteiger partial charge >= 0.3 is 0 Å². The SMILES string of the molecule is CSC(C)CCNS(=O)(=O)c1ccc(C#N)cc1Cl. The highest BCUT2D eigenvalue weighted by atomic mass is 35.5. The highest BCUT2D eigenvalue weighted by molar-refractivity contribution is 7.99. The summed E-state index contributed by atoms with van der Waals surface area (Å²) in [6.45, 7) is 2.40. The summed E-state index contributed by atoms with van der Waals surface area (Å²) < 4.78 is 26.6. The van der Waals surface area contributed by atoms with Gasteiger partial charge in [0, 0.05) is 11.8 Å². The van der Waals surface area contributed by atoms with E-state index in [2.05, 4.69) is 4.72 Å². The molecule has 104 valence electrons. The molecule has 0 saturated carbocycles. The predicted octanol–water partition coefficient (Wildman–Crippen LogP) is 2.63. The van der Waals surface area contributed by atoms with Gasteiger partial charge in [-0.2, -0.15) is 17.0 Å². The summed E-state index contributed by atoms with van der Waals surface area (Å²) in [6, 6.07) is 6.04. The third-order valence-electron chi connectivity index (χ3n) is 2.60. The maximum Gasteiger partial charge on any atom is 0.242 e. The lowest BCUT2D eigenvalue weighted by Gasteiger charge is -2.11. The summed E-state index contributed by atoms with van der Waals surface area (Å²) in [4.78, 5) is 0.00460. The molecule has 0 fully saturated rings. The van der Waals surface area contributed by atoms with Crippen molar-refractivity contribution in [3.05, 3.63) is 28.8 Å². The zero-order chi connectivity index (χ0) is 14.5. The van der Waals surface area contributed by atoms with Crippen LogP contribution in [0.2, 0.25) is 5.02 Å². The summed E-state index contributed by atoms with van der Waals surface area (Å²) in [5.74, 6) is 0. The molecule has 1 N–H and O–H groups in total. The summed E-state index contributed by atoms with van der Waals surface area (Å²) >= 11 is 7.57. The fourth-order valence-corrected chi connectivity index (χ4v) is 3.32. The zero-order valence-electron chi connectivity index (χ0n) is 10.7. The molecule has 0 aliphatic rings. The molecule has 0 heterocycles. The second-order valence-corrected chi connectivity index (χ2v) is 7.41. The molecule has 1 atom stereocenters. The largest absolute Gasteiger partial charge is 0.242 e. The fraction of sp³-hybridized carbons (Fsp3) is 0.417. The van der Waals surface area contributed by atoms with Crippen molar-refractivity contribution in [1.82, 2.24) is 4.72 Å². The number of sulfonamides is 1. The lowest BCUT2D eigenvalue weighted by molar-refractivity contribution is 0.579. The standard InChI is InChI=1S/C12H15ClN2O2S2/c1-9(18-2)5-6-15-19(16,17)12-4-3-10(8-14)7-11(12)13/h3-4,7,9,15H,5-6H2,1-2H3. The van der Waals surface area contributed by atoms with E-state index in [1.54, 1.807) is 11.8 Å². The average molecular weight is 319 g/mol. The highest BCUT2D eigenvalue weighted by Crippen LogP contribution is 2.22. The van der Waals surface area contributed by atoms with Gasteiger partial charge in [-0.1, -0.05) is 18.5 Å². The Balaban J connectivity index is 2.81. The van der Waals surface area contributed by atoms with E-state index in [-0.39, 0.29) is 9.92 Å². The molecule has 7 heteroatoms. The minimum absolute atomic E-state index is 0.00460. The van der Waals surface area contributed by atoms with Crippen molar-refractivity contribution < 1.29 is 8.42 Å². The van der Waals surface area contributed by atoms with Crippen LogP contribution in [-0.4, -0.2) is 26.5 Å². The summed E-state index contributed by atoms with van der Waals surface area (Å²) in [7, 11) is -3.62. The van der Waals surface area contributed by atoms with Crippen molar-refractivity contribution in [2.75, 3.05) is 12.8 Å². The smallest absolute Gasteiger partial charge is 0.211 e. The van der Waals surface area contributed by atoms with Crippen molar-refractivity contribution >= 4 is 33.4 Å². The van der Waals surface area contributed by atoms with E-state index in [4.69, 9.17) is 16.9 Å². The molecule has 19 heavy (non-hydrogen) atoms. The summed E-state index contributed by atoms with van der Waals surface area (Å²) in [5, 5.41) is 9.16. The number of nitrogens with zero attached hydrogens (tertiary/aromatic N) is 1. The van der Waals surface area contributed by atoms with Crippen LogP contribution >= 0.6 is 23.4 Å². The molecule has 0 aromatic heterocycles. The first kappa shape index (κ1) is 16.3. The number of rotatable bonds is 6. The molecule has 1 unspecified atom stereocenters. The lowest BCUT2D eigenvalue weighted by atomic mass is 10.2. The molecule has 0 saturated heterocycles. The number of hydrogen-bond donors (Lipinski definition) is 1. The van der Waals surface area contributed by atoms with Gasteiger partial charge in [-0.25, -0.2) is 13.1 Å². The number of thioether (sulfide) groups is 1. The molecule has 4 nitrogen and oxygen atoms in total. The molecule has 0 radical (unpaired) electrons. The topological polar surface area (TPSA) is 70.0 Å². The van der Waals surface area contributed by atoms with Gasteiger partial charge in [-0.05, 0) is 30.9 Å². The molecular formula is C12H15ClN2O2S2. The molecule has 0 spiro atoms. The molecule has 0 amide bonds. The quantitative estimate of drug-likeness (QED) is 0.875. The Kier molecular flexibility index (Phi) is 6.14. The van der Waals surface area contributed by atoms with Crippen LogP contribution in [0.25, 0.3) is 0 Å². The molecule has 1 aromatic rings. The molecule has 1 rings (SSSR count). The van der Waals surface area contributed by atoms with E-state index >= 15 is 0 Å². The maximum absolute atomic E-state index is 12.0. The lowest BCUT2D eigenvalue weighted by Crippen LogP contribution is -2.26. The second kappa shape index (κ2) is 7.15. The van der Waals surface area contributed by atoms with Gasteiger partial charge < -0.3 is 0 Å². The van der Waals surface area contributed by atoms with Crippen LogP contribution < -0.4 is 4.72 Å². The van der Waals surface area contributed by atoms with Crippen molar-refractivity contribution in [3.8, 4) is 6.07 Å². The Morgan fingerprint density at radius 1 is 1.53 bits per heavy atom. The average Bonchev–Trinajstić information content (AvgIpc) is 2.37. The first-order valence-electron chi connectivity index (χ1n) is 5.63. The molecule has 0 bridgehead atoms. The number of hydrogen-bond acceptors (Lipinski definition) is 4. The van der Waals surface area contributed by atoms with Crippen LogP contribution in [0.5, 0.6) is 0 Å². The minimum Gasteiger partial charge on any atom is -0.211 e. The first-order chi connectivity index (χ1) is 8.90. The summed E-state index contributed by atoms with van der Waals surface area (Å²) in [6.07, 6.45) is 2.73. The Bertz CT molecular complexity index is 582. The number of nitriles is 1. The van der Waals surface area contributed by atoms with Gasteiger partial charge in [0.05, 0.1) is 16.7 Å². The van der Waals surface area contributed by atoms with E-state index in [0.29, 0.717) is 17.4 Å². The van der Waals surface area contributed by atoms with E-state index in [1.165, 1.54) is 18.2 Å². The monoisotopic (exact) mass is 318 g/mol. The van der Waals surface area contributed by atoms with Crippen molar-refractivity contribution in [3.63, 3.8) is 0 Å². The number of benzene rings is 1. The highest BCUT2D eigenvalue weighted by Gasteiger charge is 2.17. The van der Waals surface area contributed by atoms with Crippen molar-refractivity contribution in [2.45, 2.75) is 23.5 Å². The van der Waals surface area contributed by atoms with E-state index in [0.717, 1.165) is 6.42 Å². The number of nitrogens with one attached hydrogen (secondary N) is 1. The Morgan fingerprint density at radius 3 is 2.74 bits per heavy atom. The van der Waals surface area contributed by atoms with Crippen LogP contribution in [0.4, 0.5) is 0 Å². The van der Waals surface area contributed by atoms with Gasteiger partial charge in [0.25, 0.3) is 0 Å². The Morgan fingerprint density at radius 2 is 2.21 bits per heavy atom. The van der Waals surface area contributed by atoms with Crippen LogP contribution in [0.1, 0.15) is 18.9 Å².